The number of fused-ring (bicyclic) bond motifs is 1. The van der Waals surface area contributed by atoms with Crippen molar-refractivity contribution in [3.63, 3.8) is 0 Å². The zero-order chi connectivity index (χ0) is 15.0. The monoisotopic (exact) mass is 284 g/mol. The van der Waals surface area contributed by atoms with Crippen molar-refractivity contribution in [2.24, 2.45) is 7.05 Å². The van der Waals surface area contributed by atoms with Gasteiger partial charge in [-0.25, -0.2) is 0 Å². The third-order valence-corrected chi connectivity index (χ3v) is 3.69. The zero-order valence-corrected chi connectivity index (χ0v) is 12.0. The highest BCUT2D eigenvalue weighted by molar-refractivity contribution is 5.88. The normalized spacial score (nSPS) is 11.1. The van der Waals surface area contributed by atoms with Crippen LogP contribution in [0.4, 0.5) is 5.69 Å². The molecular formula is C15H16N4O2. The van der Waals surface area contributed by atoms with Gasteiger partial charge in [0.1, 0.15) is 5.52 Å². The number of nitro benzene ring substituents is 1. The fourth-order valence-corrected chi connectivity index (χ4v) is 2.59. The second kappa shape index (κ2) is 5.05. The highest BCUT2D eigenvalue weighted by Gasteiger charge is 2.16. The van der Waals surface area contributed by atoms with Gasteiger partial charge in [-0.2, -0.15) is 5.10 Å². The minimum absolute atomic E-state index is 0.135. The molecule has 0 atom stereocenters. The molecule has 0 unspecified atom stereocenters. The van der Waals surface area contributed by atoms with E-state index in [1.807, 2.05) is 40.7 Å². The van der Waals surface area contributed by atoms with E-state index in [0.717, 1.165) is 23.2 Å². The fourth-order valence-electron chi connectivity index (χ4n) is 2.59. The van der Waals surface area contributed by atoms with E-state index in [1.165, 1.54) is 0 Å². The molecule has 0 N–H and O–H groups in total. The zero-order valence-electron chi connectivity index (χ0n) is 12.0. The number of aryl methyl sites for hydroxylation is 2. The molecular weight excluding hydrogens is 268 g/mol. The molecule has 0 amide bonds. The minimum Gasteiger partial charge on any atom is -0.336 e. The summed E-state index contributed by atoms with van der Waals surface area (Å²) in [5.41, 5.74) is 2.85. The maximum absolute atomic E-state index is 11.2. The topological polar surface area (TPSA) is 65.9 Å². The molecule has 0 bridgehead atoms. The van der Waals surface area contributed by atoms with Gasteiger partial charge in [0, 0.05) is 24.7 Å². The average molecular weight is 284 g/mol. The molecule has 0 saturated heterocycles. The fraction of sp³-hybridized carbons (Fsp3) is 0.267. The molecule has 108 valence electrons. The molecule has 0 radical (unpaired) electrons. The van der Waals surface area contributed by atoms with Gasteiger partial charge in [-0.3, -0.25) is 14.8 Å². The van der Waals surface area contributed by atoms with Crippen molar-refractivity contribution in [3.8, 4) is 0 Å². The minimum atomic E-state index is -0.334. The molecule has 2 heterocycles. The van der Waals surface area contributed by atoms with Crippen molar-refractivity contribution in [2.75, 3.05) is 0 Å². The number of para-hydroxylation sites is 1. The van der Waals surface area contributed by atoms with Gasteiger partial charge in [0.15, 0.2) is 0 Å². The first kappa shape index (κ1) is 13.4. The quantitative estimate of drug-likeness (QED) is 0.546. The molecule has 6 nitrogen and oxygen atoms in total. The van der Waals surface area contributed by atoms with E-state index in [1.54, 1.807) is 12.1 Å². The van der Waals surface area contributed by atoms with Crippen LogP contribution in [0.3, 0.4) is 0 Å². The number of rotatable bonds is 4. The van der Waals surface area contributed by atoms with Crippen LogP contribution in [-0.2, 0) is 20.0 Å². The summed E-state index contributed by atoms with van der Waals surface area (Å²) < 4.78 is 3.74. The van der Waals surface area contributed by atoms with Crippen molar-refractivity contribution in [1.82, 2.24) is 14.3 Å². The summed E-state index contributed by atoms with van der Waals surface area (Å²) in [4.78, 5) is 10.9. The molecule has 3 aromatic rings. The van der Waals surface area contributed by atoms with Gasteiger partial charge >= 0.3 is 0 Å². The number of hydrogen-bond donors (Lipinski definition) is 0. The lowest BCUT2D eigenvalue weighted by Gasteiger charge is -2.06. The number of hydrogen-bond acceptors (Lipinski definition) is 3. The standard InChI is InChI=1S/C15H16N4O2/c1-3-12-9-13(17(2)16-12)10-18-8-7-11-5-4-6-14(15(11)18)19(20)21/h4-9H,3,10H2,1-2H3. The molecule has 0 aliphatic rings. The predicted octanol–water partition coefficient (Wildman–Crippen LogP) is 2.89. The highest BCUT2D eigenvalue weighted by atomic mass is 16.6. The lowest BCUT2D eigenvalue weighted by molar-refractivity contribution is -0.383. The number of non-ortho nitro benzene ring substituents is 1. The van der Waals surface area contributed by atoms with Crippen LogP contribution in [0.2, 0.25) is 0 Å². The van der Waals surface area contributed by atoms with Gasteiger partial charge in [0.05, 0.1) is 22.9 Å². The van der Waals surface area contributed by atoms with Crippen LogP contribution in [0.15, 0.2) is 36.5 Å². The van der Waals surface area contributed by atoms with Crippen LogP contribution < -0.4 is 0 Å². The summed E-state index contributed by atoms with van der Waals surface area (Å²) in [6, 6.07) is 9.09. The first-order valence-electron chi connectivity index (χ1n) is 6.84. The Morgan fingerprint density at radius 3 is 2.81 bits per heavy atom. The van der Waals surface area contributed by atoms with Crippen molar-refractivity contribution < 1.29 is 4.92 Å². The van der Waals surface area contributed by atoms with Crippen LogP contribution >= 0.6 is 0 Å². The summed E-state index contributed by atoms with van der Waals surface area (Å²) >= 11 is 0. The van der Waals surface area contributed by atoms with Crippen LogP contribution in [0.25, 0.3) is 10.9 Å². The van der Waals surface area contributed by atoms with E-state index in [2.05, 4.69) is 12.0 Å². The third-order valence-electron chi connectivity index (χ3n) is 3.69. The molecule has 3 rings (SSSR count). The Hall–Kier alpha value is -2.63. The Balaban J connectivity index is 2.08. The molecule has 0 aliphatic heterocycles. The Kier molecular flexibility index (Phi) is 3.21. The first-order chi connectivity index (χ1) is 10.1. The second-order valence-electron chi connectivity index (χ2n) is 5.02. The number of benzene rings is 1. The molecule has 21 heavy (non-hydrogen) atoms. The average Bonchev–Trinajstić information content (AvgIpc) is 3.03. The maximum atomic E-state index is 11.2. The third kappa shape index (κ3) is 2.29. The molecule has 2 aromatic heterocycles. The van der Waals surface area contributed by atoms with E-state index in [4.69, 9.17) is 0 Å². The largest absolute Gasteiger partial charge is 0.336 e. The van der Waals surface area contributed by atoms with Crippen LogP contribution in [0, 0.1) is 10.1 Å². The Morgan fingerprint density at radius 2 is 2.14 bits per heavy atom. The predicted molar refractivity (Wildman–Crippen MR) is 80.3 cm³/mol. The van der Waals surface area contributed by atoms with E-state index in [9.17, 15) is 10.1 Å². The smallest absolute Gasteiger partial charge is 0.293 e. The summed E-state index contributed by atoms with van der Waals surface area (Å²) in [6.45, 7) is 2.62. The highest BCUT2D eigenvalue weighted by Crippen LogP contribution is 2.27. The van der Waals surface area contributed by atoms with Gasteiger partial charge in [-0.05, 0) is 18.6 Å². The van der Waals surface area contributed by atoms with Crippen molar-refractivity contribution in [1.29, 1.82) is 0 Å². The van der Waals surface area contributed by atoms with Gasteiger partial charge < -0.3 is 4.57 Å². The van der Waals surface area contributed by atoms with Gasteiger partial charge in [0.25, 0.3) is 5.69 Å². The van der Waals surface area contributed by atoms with Crippen LogP contribution in [0.5, 0.6) is 0 Å². The van der Waals surface area contributed by atoms with Crippen molar-refractivity contribution >= 4 is 16.6 Å². The Labute approximate surface area is 121 Å². The summed E-state index contributed by atoms with van der Waals surface area (Å²) in [6.07, 6.45) is 2.76. The summed E-state index contributed by atoms with van der Waals surface area (Å²) in [7, 11) is 1.90. The van der Waals surface area contributed by atoms with Crippen LogP contribution in [0.1, 0.15) is 18.3 Å². The molecule has 6 heteroatoms. The number of nitro groups is 1. The maximum Gasteiger partial charge on any atom is 0.293 e. The summed E-state index contributed by atoms with van der Waals surface area (Å²) in [5.74, 6) is 0. The van der Waals surface area contributed by atoms with Gasteiger partial charge in [-0.1, -0.05) is 19.1 Å². The van der Waals surface area contributed by atoms with E-state index in [-0.39, 0.29) is 10.6 Å². The lowest BCUT2D eigenvalue weighted by Crippen LogP contribution is -2.05. The SMILES string of the molecule is CCc1cc(Cn2ccc3cccc([N+](=O)[O-])c32)n(C)n1. The van der Waals surface area contributed by atoms with E-state index < -0.39 is 0 Å². The Morgan fingerprint density at radius 1 is 1.33 bits per heavy atom. The molecule has 0 aliphatic carbocycles. The van der Waals surface area contributed by atoms with E-state index >= 15 is 0 Å². The molecule has 0 fully saturated rings. The van der Waals surface area contributed by atoms with Gasteiger partial charge in [-0.15, -0.1) is 0 Å². The van der Waals surface area contributed by atoms with Crippen molar-refractivity contribution in [3.05, 3.63) is 58.0 Å². The molecule has 0 saturated carbocycles. The molecule has 1 aromatic carbocycles. The summed E-state index contributed by atoms with van der Waals surface area (Å²) in [5, 5.41) is 16.5. The first-order valence-corrected chi connectivity index (χ1v) is 6.84. The van der Waals surface area contributed by atoms with Crippen molar-refractivity contribution in [2.45, 2.75) is 19.9 Å². The lowest BCUT2D eigenvalue weighted by atomic mass is 10.2. The molecule has 0 spiro atoms. The Bertz CT molecular complexity index is 816. The van der Waals surface area contributed by atoms with Crippen LogP contribution in [-0.4, -0.2) is 19.3 Å². The second-order valence-corrected chi connectivity index (χ2v) is 5.02. The number of aromatic nitrogens is 3. The van der Waals surface area contributed by atoms with Gasteiger partial charge in [0.2, 0.25) is 0 Å². The number of nitrogens with zero attached hydrogens (tertiary/aromatic N) is 4. The van der Waals surface area contributed by atoms with E-state index in [0.29, 0.717) is 12.1 Å².